The number of aromatic hydroxyl groups is 1. The molecule has 3 rings (SSSR count). The molecule has 3 aromatic rings. The Morgan fingerprint density at radius 2 is 2.04 bits per heavy atom. The minimum absolute atomic E-state index is 0.0358. The summed E-state index contributed by atoms with van der Waals surface area (Å²) in [5.41, 5.74) is 5.46. The molecule has 0 aliphatic carbocycles. The molecular weight excluding hydrogens is 344 g/mol. The Hall–Kier alpha value is -3.10. The fourth-order valence-electron chi connectivity index (χ4n) is 2.73. The van der Waals surface area contributed by atoms with Crippen LogP contribution in [0, 0.1) is 25.2 Å². The van der Waals surface area contributed by atoms with Gasteiger partial charge in [0.25, 0.3) is 0 Å². The van der Waals surface area contributed by atoms with E-state index in [1.807, 2.05) is 5.38 Å². The number of aryl methyl sites for hydroxylation is 2. The number of rotatable bonds is 4. The van der Waals surface area contributed by atoms with Gasteiger partial charge >= 0.3 is 0 Å². The lowest BCUT2D eigenvalue weighted by molar-refractivity contribution is 0.373. The van der Waals surface area contributed by atoms with E-state index in [4.69, 9.17) is 4.74 Å². The average Bonchev–Trinajstić information content (AvgIpc) is 3.09. The Kier molecular flexibility index (Phi) is 5.06. The van der Waals surface area contributed by atoms with E-state index in [-0.39, 0.29) is 5.75 Å². The summed E-state index contributed by atoms with van der Waals surface area (Å²) in [5, 5.41) is 22.1. The number of phenols is 1. The minimum atomic E-state index is 0.0358. The zero-order valence-corrected chi connectivity index (χ0v) is 15.6. The van der Waals surface area contributed by atoms with Crippen LogP contribution in [0.1, 0.15) is 21.7 Å². The molecule has 0 aliphatic heterocycles. The summed E-state index contributed by atoms with van der Waals surface area (Å²) < 4.78 is 5.04. The molecule has 0 fully saturated rings. The topological polar surface area (TPSA) is 66.1 Å². The molecule has 0 saturated carbocycles. The number of ether oxygens (including phenoxy) is 1. The van der Waals surface area contributed by atoms with Crippen LogP contribution in [0.15, 0.2) is 41.8 Å². The maximum absolute atomic E-state index is 9.90. The number of hydrogen-bond donors (Lipinski definition) is 1. The normalized spacial score (nSPS) is 11.2. The van der Waals surface area contributed by atoms with Gasteiger partial charge in [-0.15, -0.1) is 11.3 Å². The molecule has 0 aliphatic rings. The number of nitrogens with zero attached hydrogens (tertiary/aromatic N) is 2. The van der Waals surface area contributed by atoms with Crippen molar-refractivity contribution in [3.05, 3.63) is 63.5 Å². The number of allylic oxidation sites excluding steroid dienone is 1. The molecule has 0 atom stereocenters. The van der Waals surface area contributed by atoms with Crippen molar-refractivity contribution in [3.8, 4) is 28.8 Å². The quantitative estimate of drug-likeness (QED) is 0.647. The van der Waals surface area contributed by atoms with Crippen LogP contribution in [0.4, 0.5) is 0 Å². The second kappa shape index (κ2) is 7.42. The fraction of sp³-hybridized carbons (Fsp3) is 0.143. The van der Waals surface area contributed by atoms with Crippen LogP contribution in [0.25, 0.3) is 22.9 Å². The van der Waals surface area contributed by atoms with Gasteiger partial charge in [0, 0.05) is 10.9 Å². The average molecular weight is 362 g/mol. The van der Waals surface area contributed by atoms with Crippen molar-refractivity contribution in [1.82, 2.24) is 4.98 Å². The van der Waals surface area contributed by atoms with E-state index in [0.29, 0.717) is 21.9 Å². The zero-order valence-electron chi connectivity index (χ0n) is 14.8. The Morgan fingerprint density at radius 3 is 2.69 bits per heavy atom. The molecule has 0 spiro atoms. The third-order valence-electron chi connectivity index (χ3n) is 4.03. The van der Waals surface area contributed by atoms with Gasteiger partial charge in [0.1, 0.15) is 11.1 Å². The van der Waals surface area contributed by atoms with Crippen LogP contribution in [-0.4, -0.2) is 17.2 Å². The molecule has 0 bridgehead atoms. The van der Waals surface area contributed by atoms with Crippen molar-refractivity contribution >= 4 is 23.0 Å². The first-order valence-corrected chi connectivity index (χ1v) is 8.92. The smallest absolute Gasteiger partial charge is 0.160 e. The predicted octanol–water partition coefficient (Wildman–Crippen LogP) is 5.21. The number of thiazole rings is 1. The lowest BCUT2D eigenvalue weighted by atomic mass is 10.0. The largest absolute Gasteiger partial charge is 0.504 e. The van der Waals surface area contributed by atoms with E-state index in [2.05, 4.69) is 43.1 Å². The van der Waals surface area contributed by atoms with Crippen molar-refractivity contribution < 1.29 is 9.84 Å². The van der Waals surface area contributed by atoms with E-state index in [1.54, 1.807) is 24.3 Å². The van der Waals surface area contributed by atoms with E-state index in [9.17, 15) is 10.4 Å². The highest BCUT2D eigenvalue weighted by atomic mass is 32.1. The predicted molar refractivity (Wildman–Crippen MR) is 105 cm³/mol. The maximum Gasteiger partial charge on any atom is 0.160 e. The lowest BCUT2D eigenvalue weighted by Gasteiger charge is -2.04. The lowest BCUT2D eigenvalue weighted by Crippen LogP contribution is -1.87. The maximum atomic E-state index is 9.90. The highest BCUT2D eigenvalue weighted by molar-refractivity contribution is 7.11. The minimum Gasteiger partial charge on any atom is -0.504 e. The molecule has 1 aromatic heterocycles. The molecule has 0 unspecified atom stereocenters. The first kappa shape index (κ1) is 17.7. The van der Waals surface area contributed by atoms with E-state index >= 15 is 0 Å². The van der Waals surface area contributed by atoms with Crippen LogP contribution < -0.4 is 4.74 Å². The Labute approximate surface area is 156 Å². The molecular formula is C21H18N2O2S. The van der Waals surface area contributed by atoms with Gasteiger partial charge in [-0.05, 0) is 43.2 Å². The van der Waals surface area contributed by atoms with Crippen molar-refractivity contribution in [3.63, 3.8) is 0 Å². The summed E-state index contributed by atoms with van der Waals surface area (Å²) in [6.45, 7) is 4.12. The van der Waals surface area contributed by atoms with Gasteiger partial charge in [-0.1, -0.05) is 29.8 Å². The molecule has 2 aromatic carbocycles. The number of hydrogen-bond acceptors (Lipinski definition) is 5. The van der Waals surface area contributed by atoms with Gasteiger partial charge in [-0.2, -0.15) is 5.26 Å². The molecule has 0 saturated heterocycles. The molecule has 5 heteroatoms. The number of aromatic nitrogens is 1. The summed E-state index contributed by atoms with van der Waals surface area (Å²) in [6.07, 6.45) is 1.71. The second-order valence-electron chi connectivity index (χ2n) is 5.96. The third-order valence-corrected chi connectivity index (χ3v) is 4.90. The van der Waals surface area contributed by atoms with Crippen LogP contribution in [0.3, 0.4) is 0 Å². The Bertz CT molecular complexity index is 1030. The summed E-state index contributed by atoms with van der Waals surface area (Å²) in [4.78, 5) is 4.64. The zero-order chi connectivity index (χ0) is 18.7. The van der Waals surface area contributed by atoms with Gasteiger partial charge in [0.15, 0.2) is 11.5 Å². The van der Waals surface area contributed by atoms with Gasteiger partial charge in [-0.25, -0.2) is 4.98 Å². The van der Waals surface area contributed by atoms with Crippen molar-refractivity contribution in [2.24, 2.45) is 0 Å². The summed E-state index contributed by atoms with van der Waals surface area (Å²) in [6, 6.07) is 13.5. The summed E-state index contributed by atoms with van der Waals surface area (Å²) in [5.74, 6) is 0.431. The molecule has 0 amide bonds. The molecule has 130 valence electrons. The van der Waals surface area contributed by atoms with Crippen LogP contribution in [0.2, 0.25) is 0 Å². The molecule has 1 heterocycles. The monoisotopic (exact) mass is 362 g/mol. The molecule has 0 radical (unpaired) electrons. The van der Waals surface area contributed by atoms with Crippen LogP contribution in [-0.2, 0) is 0 Å². The number of methoxy groups -OCH3 is 1. The molecule has 4 nitrogen and oxygen atoms in total. The summed E-state index contributed by atoms with van der Waals surface area (Å²) in [7, 11) is 1.50. The van der Waals surface area contributed by atoms with Crippen LogP contribution in [0.5, 0.6) is 11.5 Å². The highest BCUT2D eigenvalue weighted by Gasteiger charge is 2.11. The van der Waals surface area contributed by atoms with Crippen molar-refractivity contribution in [2.45, 2.75) is 13.8 Å². The molecule has 26 heavy (non-hydrogen) atoms. The highest BCUT2D eigenvalue weighted by Crippen LogP contribution is 2.31. The number of nitriles is 1. The Morgan fingerprint density at radius 1 is 1.23 bits per heavy atom. The van der Waals surface area contributed by atoms with Gasteiger partial charge in [0.2, 0.25) is 0 Å². The number of benzene rings is 2. The van der Waals surface area contributed by atoms with Gasteiger partial charge in [0.05, 0.1) is 18.4 Å². The third kappa shape index (κ3) is 3.61. The van der Waals surface area contributed by atoms with Crippen molar-refractivity contribution in [1.29, 1.82) is 5.26 Å². The van der Waals surface area contributed by atoms with E-state index < -0.39 is 0 Å². The van der Waals surface area contributed by atoms with Crippen LogP contribution >= 0.6 is 11.3 Å². The first-order chi connectivity index (χ1) is 12.5. The number of phenolic OH excluding ortho intramolecular Hbond substituents is 1. The first-order valence-electron chi connectivity index (χ1n) is 8.04. The van der Waals surface area contributed by atoms with E-state index in [1.165, 1.54) is 24.0 Å². The van der Waals surface area contributed by atoms with Gasteiger partial charge in [-0.3, -0.25) is 0 Å². The fourth-order valence-corrected chi connectivity index (χ4v) is 3.51. The van der Waals surface area contributed by atoms with Gasteiger partial charge < -0.3 is 9.84 Å². The SMILES string of the molecule is COc1ccc(C=C(C#N)c2nc(-c3ccc(C)cc3C)cs2)cc1O. The summed E-state index contributed by atoms with van der Waals surface area (Å²) >= 11 is 1.43. The Balaban J connectivity index is 1.96. The standard InChI is InChI=1S/C21H18N2O2S/c1-13-4-6-17(14(2)8-13)18-12-26-21(23-18)16(11-22)9-15-5-7-20(25-3)19(24)10-15/h4-10,12,24H,1-3H3. The van der Waals surface area contributed by atoms with Crippen molar-refractivity contribution in [2.75, 3.05) is 7.11 Å². The van der Waals surface area contributed by atoms with E-state index in [0.717, 1.165) is 16.8 Å². The second-order valence-corrected chi connectivity index (χ2v) is 6.82. The molecule has 1 N–H and O–H groups in total.